The third-order valence-electron chi connectivity index (χ3n) is 7.60. The Hall–Kier alpha value is -3.01. The highest BCUT2D eigenvalue weighted by Gasteiger charge is 2.22. The van der Waals surface area contributed by atoms with Crippen molar-refractivity contribution in [1.29, 1.82) is 0 Å². The first-order valence-electron chi connectivity index (χ1n) is 15.9. The molecule has 0 spiro atoms. The summed E-state index contributed by atoms with van der Waals surface area (Å²) in [6.07, 6.45) is 23.2. The third kappa shape index (κ3) is 11.6. The van der Waals surface area contributed by atoms with Crippen LogP contribution < -0.4 is 9.64 Å². The molecule has 0 unspecified atom stereocenters. The largest absolute Gasteiger partial charge is 0.494 e. The number of benzene rings is 2. The summed E-state index contributed by atoms with van der Waals surface area (Å²) in [4.78, 5) is 17.7. The van der Waals surface area contributed by atoms with E-state index in [2.05, 4.69) is 37.1 Å². The number of rotatable bonds is 20. The zero-order valence-electron chi connectivity index (χ0n) is 25.2. The van der Waals surface area contributed by atoms with Crippen molar-refractivity contribution in [3.8, 4) is 5.75 Å². The number of nitrogens with zero attached hydrogens (tertiary/aromatic N) is 2. The van der Waals surface area contributed by atoms with Gasteiger partial charge >= 0.3 is 0 Å². The van der Waals surface area contributed by atoms with Gasteiger partial charge in [0, 0.05) is 24.4 Å². The summed E-state index contributed by atoms with van der Waals surface area (Å²) in [6.45, 7) is 7.33. The van der Waals surface area contributed by atoms with Crippen molar-refractivity contribution in [3.05, 3.63) is 84.1 Å². The van der Waals surface area contributed by atoms with E-state index in [0.29, 0.717) is 13.1 Å². The monoisotopic (exact) mass is 544 g/mol. The summed E-state index contributed by atoms with van der Waals surface area (Å²) in [5.41, 5.74) is 2.83. The van der Waals surface area contributed by atoms with E-state index in [1.165, 1.54) is 70.6 Å². The molecule has 0 bridgehead atoms. The van der Waals surface area contributed by atoms with Gasteiger partial charge in [0.2, 0.25) is 0 Å². The molecule has 3 rings (SSSR count). The molecule has 218 valence electrons. The minimum absolute atomic E-state index is 0.0592. The van der Waals surface area contributed by atoms with Crippen LogP contribution in [0.15, 0.2) is 78.5 Å². The van der Waals surface area contributed by atoms with Crippen molar-refractivity contribution in [3.63, 3.8) is 0 Å². The Labute approximate surface area is 244 Å². The lowest BCUT2D eigenvalue weighted by atomic mass is 10.1. The van der Waals surface area contributed by atoms with Crippen LogP contribution in [0.4, 0.5) is 5.69 Å². The van der Waals surface area contributed by atoms with Crippen LogP contribution in [0.3, 0.4) is 0 Å². The molecule has 40 heavy (non-hydrogen) atoms. The molecular weight excluding hydrogens is 492 g/mol. The predicted molar refractivity (Wildman–Crippen MR) is 170 cm³/mol. The Balaban J connectivity index is 1.40. The number of unbranched alkanes of at least 4 members (excludes halogenated alkanes) is 11. The van der Waals surface area contributed by atoms with Gasteiger partial charge < -0.3 is 14.5 Å². The van der Waals surface area contributed by atoms with Gasteiger partial charge in [-0.25, -0.2) is 0 Å². The topological polar surface area (TPSA) is 32.8 Å². The van der Waals surface area contributed by atoms with Crippen molar-refractivity contribution >= 4 is 11.6 Å². The normalized spacial score (nSPS) is 12.8. The third-order valence-corrected chi connectivity index (χ3v) is 7.60. The number of hydrogen-bond donors (Lipinski definition) is 0. The second-order valence-corrected chi connectivity index (χ2v) is 11.1. The molecule has 0 saturated carbocycles. The highest BCUT2D eigenvalue weighted by molar-refractivity contribution is 6.06. The molecule has 2 aromatic rings. The van der Waals surface area contributed by atoms with E-state index in [1.807, 2.05) is 59.5 Å². The fourth-order valence-corrected chi connectivity index (χ4v) is 5.25. The number of anilines is 1. The number of allylic oxidation sites excluding steroid dienone is 2. The Morgan fingerprint density at radius 3 is 2.02 bits per heavy atom. The number of carbonyl (C=O) groups excluding carboxylic acids is 1. The van der Waals surface area contributed by atoms with Gasteiger partial charge in [-0.3, -0.25) is 4.79 Å². The molecule has 1 aliphatic heterocycles. The van der Waals surface area contributed by atoms with Crippen LogP contribution in [-0.4, -0.2) is 30.5 Å². The minimum atomic E-state index is 0.0592. The molecule has 1 heterocycles. The van der Waals surface area contributed by atoms with E-state index >= 15 is 0 Å². The van der Waals surface area contributed by atoms with Gasteiger partial charge in [0.1, 0.15) is 5.75 Å². The van der Waals surface area contributed by atoms with Gasteiger partial charge in [-0.05, 0) is 54.9 Å². The standard InChI is InChI=1S/C36H52N2O2/c1-3-5-6-7-8-9-10-11-12-13-14-18-29-40-35-25-23-32(24-26-35)30-38(34-21-16-15-17-22-34)36(39)33-20-19-28-37(31-33)27-4-2/h15-17,19-26,28H,3-14,18,27,29-31H2,1-2H3. The quantitative estimate of drug-likeness (QED) is 0.156. The molecule has 0 fully saturated rings. The molecule has 0 radical (unpaired) electrons. The molecule has 0 saturated heterocycles. The molecular formula is C36H52N2O2. The lowest BCUT2D eigenvalue weighted by Gasteiger charge is -2.28. The Kier molecular flexibility index (Phi) is 15.1. The highest BCUT2D eigenvalue weighted by Crippen LogP contribution is 2.23. The molecule has 4 nitrogen and oxygen atoms in total. The first kappa shape index (κ1) is 31.5. The SMILES string of the molecule is CCCCCCCCCCCCCCOc1ccc(CN(C(=O)C2=CC=CN(CCC)C2)c2ccccc2)cc1. The van der Waals surface area contributed by atoms with E-state index in [4.69, 9.17) is 4.74 Å². The molecule has 0 atom stereocenters. The number of amides is 1. The van der Waals surface area contributed by atoms with Crippen LogP contribution in [0.2, 0.25) is 0 Å². The lowest BCUT2D eigenvalue weighted by Crippen LogP contribution is -2.36. The number of ether oxygens (including phenoxy) is 1. The van der Waals surface area contributed by atoms with Crippen LogP contribution in [-0.2, 0) is 11.3 Å². The van der Waals surface area contributed by atoms with E-state index < -0.39 is 0 Å². The van der Waals surface area contributed by atoms with Crippen LogP contribution in [0, 0.1) is 0 Å². The summed E-state index contributed by atoms with van der Waals surface area (Å²) < 4.78 is 6.02. The molecule has 4 heteroatoms. The molecule has 0 N–H and O–H groups in total. The smallest absolute Gasteiger partial charge is 0.256 e. The van der Waals surface area contributed by atoms with Crippen LogP contribution >= 0.6 is 0 Å². The zero-order chi connectivity index (χ0) is 28.3. The number of para-hydroxylation sites is 1. The van der Waals surface area contributed by atoms with E-state index in [9.17, 15) is 4.79 Å². The van der Waals surface area contributed by atoms with E-state index in [0.717, 1.165) is 48.6 Å². The minimum Gasteiger partial charge on any atom is -0.494 e. The maximum atomic E-state index is 13.6. The average Bonchev–Trinajstić information content (AvgIpc) is 2.99. The van der Waals surface area contributed by atoms with Gasteiger partial charge in [-0.15, -0.1) is 0 Å². The summed E-state index contributed by atoms with van der Waals surface area (Å²) >= 11 is 0. The molecule has 1 aliphatic rings. The summed E-state index contributed by atoms with van der Waals surface area (Å²) in [6, 6.07) is 18.2. The average molecular weight is 545 g/mol. The Morgan fingerprint density at radius 1 is 0.775 bits per heavy atom. The first-order chi connectivity index (χ1) is 19.7. The van der Waals surface area contributed by atoms with Gasteiger partial charge in [0.15, 0.2) is 0 Å². The maximum Gasteiger partial charge on any atom is 0.256 e. The second-order valence-electron chi connectivity index (χ2n) is 11.1. The summed E-state index contributed by atoms with van der Waals surface area (Å²) in [5, 5.41) is 0. The summed E-state index contributed by atoms with van der Waals surface area (Å²) in [7, 11) is 0. The van der Waals surface area contributed by atoms with Gasteiger partial charge in [0.25, 0.3) is 5.91 Å². The molecule has 0 aliphatic carbocycles. The molecule has 2 aromatic carbocycles. The Bertz CT molecular complexity index is 1010. The highest BCUT2D eigenvalue weighted by atomic mass is 16.5. The van der Waals surface area contributed by atoms with Crippen LogP contribution in [0.1, 0.15) is 103 Å². The van der Waals surface area contributed by atoms with Crippen molar-refractivity contribution in [2.75, 3.05) is 24.6 Å². The maximum absolute atomic E-state index is 13.6. The molecule has 0 aromatic heterocycles. The zero-order valence-corrected chi connectivity index (χ0v) is 25.2. The lowest BCUT2D eigenvalue weighted by molar-refractivity contribution is -0.115. The number of hydrogen-bond acceptors (Lipinski definition) is 3. The van der Waals surface area contributed by atoms with Crippen molar-refractivity contribution < 1.29 is 9.53 Å². The van der Waals surface area contributed by atoms with Gasteiger partial charge in [0.05, 0.1) is 13.2 Å². The summed E-state index contributed by atoms with van der Waals surface area (Å²) in [5.74, 6) is 0.962. The van der Waals surface area contributed by atoms with Gasteiger partial charge in [-0.2, -0.15) is 0 Å². The fourth-order valence-electron chi connectivity index (χ4n) is 5.25. The predicted octanol–water partition coefficient (Wildman–Crippen LogP) is 9.47. The Morgan fingerprint density at radius 2 is 1.40 bits per heavy atom. The van der Waals surface area contributed by atoms with Crippen molar-refractivity contribution in [1.82, 2.24) is 4.90 Å². The molecule has 1 amide bonds. The van der Waals surface area contributed by atoms with Crippen LogP contribution in [0.5, 0.6) is 5.75 Å². The fraction of sp³-hybridized carbons (Fsp3) is 0.528. The first-order valence-corrected chi connectivity index (χ1v) is 15.9. The van der Waals surface area contributed by atoms with Crippen LogP contribution in [0.25, 0.3) is 0 Å². The van der Waals surface area contributed by atoms with Crippen molar-refractivity contribution in [2.45, 2.75) is 104 Å². The van der Waals surface area contributed by atoms with E-state index in [-0.39, 0.29) is 5.91 Å². The van der Waals surface area contributed by atoms with Crippen molar-refractivity contribution in [2.24, 2.45) is 0 Å². The second kappa shape index (κ2) is 19.1. The van der Waals surface area contributed by atoms with Gasteiger partial charge in [-0.1, -0.05) is 121 Å². The number of carbonyl (C=O) groups is 1. The van der Waals surface area contributed by atoms with E-state index in [1.54, 1.807) is 0 Å².